The predicted octanol–water partition coefficient (Wildman–Crippen LogP) is 4.73. The van der Waals surface area contributed by atoms with Crippen molar-refractivity contribution in [2.75, 3.05) is 24.5 Å². The van der Waals surface area contributed by atoms with E-state index in [2.05, 4.69) is 10.6 Å². The van der Waals surface area contributed by atoms with Crippen LogP contribution in [0.2, 0.25) is 0 Å². The smallest absolute Gasteiger partial charge is 0.255 e. The molecule has 6 nitrogen and oxygen atoms in total. The van der Waals surface area contributed by atoms with Gasteiger partial charge in [0.05, 0.1) is 12.8 Å². The van der Waals surface area contributed by atoms with E-state index in [1.54, 1.807) is 25.3 Å². The molecule has 0 spiro atoms. The standard InChI is InChI=1S/C22H20N2O4/c1-14-3-9-19(26-2)18(11-14)23-16-5-7-17(8-6-16)24-22(25)15-4-10-20-21(12-15)28-13-27-20/h3-12,23H,13H2,1-2H3,(H,24,25). The minimum atomic E-state index is -0.209. The van der Waals surface area contributed by atoms with E-state index < -0.39 is 0 Å². The number of carbonyl (C=O) groups excluding carboxylic acids is 1. The SMILES string of the molecule is COc1ccc(C)cc1Nc1ccc(NC(=O)c2ccc3c(c2)OCO3)cc1. The molecule has 0 atom stereocenters. The van der Waals surface area contributed by atoms with Gasteiger partial charge in [0.25, 0.3) is 5.91 Å². The molecule has 1 amide bonds. The van der Waals surface area contributed by atoms with Crippen molar-refractivity contribution in [2.24, 2.45) is 0 Å². The highest BCUT2D eigenvalue weighted by atomic mass is 16.7. The number of rotatable bonds is 5. The lowest BCUT2D eigenvalue weighted by molar-refractivity contribution is 0.102. The summed E-state index contributed by atoms with van der Waals surface area (Å²) >= 11 is 0. The van der Waals surface area contributed by atoms with E-state index in [0.29, 0.717) is 22.7 Å². The lowest BCUT2D eigenvalue weighted by Gasteiger charge is -2.13. The maximum Gasteiger partial charge on any atom is 0.255 e. The molecule has 0 saturated heterocycles. The molecule has 142 valence electrons. The number of hydrogen-bond donors (Lipinski definition) is 2. The third-order valence-corrected chi connectivity index (χ3v) is 4.41. The van der Waals surface area contributed by atoms with Crippen LogP contribution in [0.25, 0.3) is 0 Å². The van der Waals surface area contributed by atoms with E-state index in [1.165, 1.54) is 0 Å². The first-order valence-corrected chi connectivity index (χ1v) is 8.85. The highest BCUT2D eigenvalue weighted by molar-refractivity contribution is 6.04. The third kappa shape index (κ3) is 3.71. The second kappa shape index (κ2) is 7.52. The first-order chi connectivity index (χ1) is 13.6. The molecular weight excluding hydrogens is 356 g/mol. The first kappa shape index (κ1) is 17.7. The maximum atomic E-state index is 12.5. The summed E-state index contributed by atoms with van der Waals surface area (Å²) < 4.78 is 16.0. The zero-order chi connectivity index (χ0) is 19.5. The van der Waals surface area contributed by atoms with Crippen LogP contribution >= 0.6 is 0 Å². The lowest BCUT2D eigenvalue weighted by atomic mass is 10.1. The summed E-state index contributed by atoms with van der Waals surface area (Å²) in [4.78, 5) is 12.5. The zero-order valence-corrected chi connectivity index (χ0v) is 15.6. The molecule has 1 aliphatic rings. The fraction of sp³-hybridized carbons (Fsp3) is 0.136. The van der Waals surface area contributed by atoms with Crippen LogP contribution in [-0.2, 0) is 0 Å². The van der Waals surface area contributed by atoms with Crippen LogP contribution in [0, 0.1) is 6.92 Å². The molecule has 1 heterocycles. The largest absolute Gasteiger partial charge is 0.495 e. The summed E-state index contributed by atoms with van der Waals surface area (Å²) in [6.07, 6.45) is 0. The molecule has 0 unspecified atom stereocenters. The fourth-order valence-corrected chi connectivity index (χ4v) is 2.95. The minimum absolute atomic E-state index is 0.181. The second-order valence-electron chi connectivity index (χ2n) is 6.43. The Hall–Kier alpha value is -3.67. The highest BCUT2D eigenvalue weighted by Gasteiger charge is 2.16. The molecule has 4 rings (SSSR count). The number of benzene rings is 3. The lowest BCUT2D eigenvalue weighted by Crippen LogP contribution is -2.11. The van der Waals surface area contributed by atoms with Crippen LogP contribution < -0.4 is 24.8 Å². The molecule has 6 heteroatoms. The number of amides is 1. The first-order valence-electron chi connectivity index (χ1n) is 8.85. The van der Waals surface area contributed by atoms with Gasteiger partial charge in [-0.3, -0.25) is 4.79 Å². The summed E-state index contributed by atoms with van der Waals surface area (Å²) in [5.41, 5.74) is 4.13. The van der Waals surface area contributed by atoms with Crippen LogP contribution in [0.5, 0.6) is 17.2 Å². The molecule has 0 aromatic heterocycles. The van der Waals surface area contributed by atoms with Crippen molar-refractivity contribution in [3.63, 3.8) is 0 Å². The van der Waals surface area contributed by atoms with Crippen molar-refractivity contribution in [2.45, 2.75) is 6.92 Å². The average Bonchev–Trinajstić information content (AvgIpc) is 3.17. The predicted molar refractivity (Wildman–Crippen MR) is 108 cm³/mol. The fourth-order valence-electron chi connectivity index (χ4n) is 2.95. The monoisotopic (exact) mass is 376 g/mol. The topological polar surface area (TPSA) is 68.8 Å². The second-order valence-corrected chi connectivity index (χ2v) is 6.43. The van der Waals surface area contributed by atoms with E-state index in [1.807, 2.05) is 49.4 Å². The van der Waals surface area contributed by atoms with Gasteiger partial charge in [0.15, 0.2) is 11.5 Å². The van der Waals surface area contributed by atoms with E-state index in [0.717, 1.165) is 22.7 Å². The Morgan fingerprint density at radius 3 is 2.46 bits per heavy atom. The Kier molecular flexibility index (Phi) is 4.76. The molecule has 0 aliphatic carbocycles. The molecule has 1 aliphatic heterocycles. The highest BCUT2D eigenvalue weighted by Crippen LogP contribution is 2.33. The summed E-state index contributed by atoms with van der Waals surface area (Å²) in [5, 5.41) is 6.22. The minimum Gasteiger partial charge on any atom is -0.495 e. The molecule has 3 aromatic carbocycles. The number of anilines is 3. The van der Waals surface area contributed by atoms with Crippen molar-refractivity contribution < 1.29 is 19.0 Å². The molecule has 0 saturated carbocycles. The summed E-state index contributed by atoms with van der Waals surface area (Å²) in [6.45, 7) is 2.21. The van der Waals surface area contributed by atoms with E-state index >= 15 is 0 Å². The Labute approximate surface area is 163 Å². The van der Waals surface area contributed by atoms with Gasteiger partial charge in [0.2, 0.25) is 6.79 Å². The summed E-state index contributed by atoms with van der Waals surface area (Å²) in [5.74, 6) is 1.79. The van der Waals surface area contributed by atoms with Crippen LogP contribution in [0.4, 0.5) is 17.1 Å². The molecule has 28 heavy (non-hydrogen) atoms. The van der Waals surface area contributed by atoms with Crippen molar-refractivity contribution in [3.8, 4) is 17.2 Å². The average molecular weight is 376 g/mol. The quantitative estimate of drug-likeness (QED) is 0.674. The number of ether oxygens (including phenoxy) is 3. The van der Waals surface area contributed by atoms with Gasteiger partial charge in [-0.25, -0.2) is 0 Å². The van der Waals surface area contributed by atoms with Gasteiger partial charge in [-0.1, -0.05) is 6.07 Å². The van der Waals surface area contributed by atoms with Gasteiger partial charge in [-0.15, -0.1) is 0 Å². The Morgan fingerprint density at radius 1 is 0.929 bits per heavy atom. The number of carbonyl (C=O) groups is 1. The number of nitrogens with one attached hydrogen (secondary N) is 2. The van der Waals surface area contributed by atoms with E-state index in [4.69, 9.17) is 14.2 Å². The molecule has 0 radical (unpaired) electrons. The van der Waals surface area contributed by atoms with Gasteiger partial charge in [-0.2, -0.15) is 0 Å². The number of aryl methyl sites for hydroxylation is 1. The molecule has 3 aromatic rings. The number of fused-ring (bicyclic) bond motifs is 1. The molecule has 0 fully saturated rings. The molecular formula is C22H20N2O4. The van der Waals surface area contributed by atoms with Crippen molar-refractivity contribution in [1.29, 1.82) is 0 Å². The normalized spacial score (nSPS) is 11.8. The van der Waals surface area contributed by atoms with Gasteiger partial charge in [0, 0.05) is 16.9 Å². The summed E-state index contributed by atoms with van der Waals surface area (Å²) in [7, 11) is 1.64. The Morgan fingerprint density at radius 2 is 1.68 bits per heavy atom. The van der Waals surface area contributed by atoms with E-state index in [9.17, 15) is 4.79 Å². The maximum absolute atomic E-state index is 12.5. The van der Waals surface area contributed by atoms with Gasteiger partial charge in [0.1, 0.15) is 5.75 Å². The van der Waals surface area contributed by atoms with Gasteiger partial charge < -0.3 is 24.8 Å². The van der Waals surface area contributed by atoms with Crippen LogP contribution in [0.3, 0.4) is 0 Å². The third-order valence-electron chi connectivity index (χ3n) is 4.41. The zero-order valence-electron chi connectivity index (χ0n) is 15.6. The summed E-state index contributed by atoms with van der Waals surface area (Å²) in [6, 6.07) is 18.6. The number of methoxy groups -OCH3 is 1. The van der Waals surface area contributed by atoms with Crippen molar-refractivity contribution in [3.05, 3.63) is 71.8 Å². The van der Waals surface area contributed by atoms with E-state index in [-0.39, 0.29) is 12.7 Å². The Balaban J connectivity index is 1.45. The van der Waals surface area contributed by atoms with Gasteiger partial charge in [-0.05, 0) is 67.1 Å². The van der Waals surface area contributed by atoms with Gasteiger partial charge >= 0.3 is 0 Å². The number of hydrogen-bond acceptors (Lipinski definition) is 5. The van der Waals surface area contributed by atoms with Crippen LogP contribution in [0.15, 0.2) is 60.7 Å². The molecule has 0 bridgehead atoms. The van der Waals surface area contributed by atoms with Crippen LogP contribution in [-0.4, -0.2) is 19.8 Å². The molecule has 2 N–H and O–H groups in total. The van der Waals surface area contributed by atoms with Crippen molar-refractivity contribution in [1.82, 2.24) is 0 Å². The van der Waals surface area contributed by atoms with Crippen LogP contribution in [0.1, 0.15) is 15.9 Å². The van der Waals surface area contributed by atoms with Crippen molar-refractivity contribution >= 4 is 23.0 Å². The Bertz CT molecular complexity index is 1020.